The van der Waals surface area contributed by atoms with Crippen molar-refractivity contribution in [2.24, 2.45) is 5.92 Å². The van der Waals surface area contributed by atoms with Gasteiger partial charge in [-0.05, 0) is 29.2 Å². The van der Waals surface area contributed by atoms with Crippen LogP contribution in [0, 0.1) is 5.92 Å². The number of aliphatic carboxylic acids is 1. The molecule has 0 spiro atoms. The third kappa shape index (κ3) is 7.73. The van der Waals surface area contributed by atoms with E-state index in [1.807, 2.05) is 6.07 Å². The van der Waals surface area contributed by atoms with Crippen LogP contribution in [0.1, 0.15) is 25.0 Å². The van der Waals surface area contributed by atoms with Crippen molar-refractivity contribution in [2.45, 2.75) is 32.4 Å². The first-order chi connectivity index (χ1) is 20.7. The summed E-state index contributed by atoms with van der Waals surface area (Å²) in [5, 5.41) is 11.9. The van der Waals surface area contributed by atoms with E-state index in [1.54, 1.807) is 98.8 Å². The fourth-order valence-corrected chi connectivity index (χ4v) is 4.84. The Morgan fingerprint density at radius 1 is 0.884 bits per heavy atom. The number of para-hydroxylation sites is 1. The van der Waals surface area contributed by atoms with Gasteiger partial charge in [-0.25, -0.2) is 4.79 Å². The Bertz CT molecular complexity index is 1490. The van der Waals surface area contributed by atoms with Crippen LogP contribution in [0.2, 0.25) is 0 Å². The molecule has 10 heteroatoms. The van der Waals surface area contributed by atoms with Crippen LogP contribution in [0.4, 0.5) is 0 Å². The standard InChI is InChI=1S/C33H33N3O7/c1-22(2)30-32(40)35(20-28(37)34-26(31(39)33(41)42)18-23-12-6-3-7-13-23)27(24-14-8-4-9-15-24)19-36(30)29(38)21-43-25-16-10-5-11-17-25/h3-17,19,22,26,30H,18,20-21H2,1-2H3,(H,34,37)(H,41,42)/t26-,30?/m0/s1. The number of amides is 3. The average Bonchev–Trinajstić information content (AvgIpc) is 3.01. The molecular formula is C33H33N3O7. The molecule has 2 N–H and O–H groups in total. The number of hydrogen-bond acceptors (Lipinski definition) is 6. The third-order valence-corrected chi connectivity index (χ3v) is 6.91. The first kappa shape index (κ1) is 30.7. The molecule has 0 fully saturated rings. The summed E-state index contributed by atoms with van der Waals surface area (Å²) in [5.41, 5.74) is 1.54. The molecule has 1 aliphatic heterocycles. The van der Waals surface area contributed by atoms with Crippen molar-refractivity contribution in [3.8, 4) is 5.75 Å². The summed E-state index contributed by atoms with van der Waals surface area (Å²) in [4.78, 5) is 67.4. The van der Waals surface area contributed by atoms with Gasteiger partial charge in [-0.15, -0.1) is 0 Å². The summed E-state index contributed by atoms with van der Waals surface area (Å²) < 4.78 is 5.66. The SMILES string of the molecule is CC(C)C1C(=O)N(CC(=O)N[C@@H](Cc2ccccc2)C(=O)C(=O)O)C(c2ccccc2)=CN1C(=O)COc1ccccc1. The molecule has 3 aromatic rings. The number of nitrogens with one attached hydrogen (secondary N) is 1. The lowest BCUT2D eigenvalue weighted by atomic mass is 9.97. The molecule has 3 amide bonds. The number of ketones is 1. The normalized spacial score (nSPS) is 15.5. The number of carboxylic acid groups (broad SMARTS) is 1. The van der Waals surface area contributed by atoms with E-state index in [0.717, 1.165) is 0 Å². The monoisotopic (exact) mass is 583 g/mol. The summed E-state index contributed by atoms with van der Waals surface area (Å²) in [6, 6.07) is 24.1. The lowest BCUT2D eigenvalue weighted by Gasteiger charge is -2.41. The van der Waals surface area contributed by atoms with Crippen LogP contribution in [0.15, 0.2) is 97.2 Å². The molecule has 0 saturated carbocycles. The summed E-state index contributed by atoms with van der Waals surface area (Å²) >= 11 is 0. The zero-order chi connectivity index (χ0) is 30.9. The van der Waals surface area contributed by atoms with Gasteiger partial charge in [0.15, 0.2) is 6.61 Å². The highest BCUT2D eigenvalue weighted by atomic mass is 16.5. The Morgan fingerprint density at radius 3 is 2.05 bits per heavy atom. The van der Waals surface area contributed by atoms with E-state index in [-0.39, 0.29) is 18.9 Å². The Hall–Kier alpha value is -5.25. The maximum absolute atomic E-state index is 14.0. The van der Waals surface area contributed by atoms with E-state index in [2.05, 4.69) is 5.32 Å². The summed E-state index contributed by atoms with van der Waals surface area (Å²) in [6.45, 7) is 2.78. The zero-order valence-electron chi connectivity index (χ0n) is 23.9. The Kier molecular flexibility index (Phi) is 10.1. The molecule has 0 radical (unpaired) electrons. The van der Waals surface area contributed by atoms with Crippen molar-refractivity contribution in [2.75, 3.05) is 13.2 Å². The highest BCUT2D eigenvalue weighted by Crippen LogP contribution is 2.30. The maximum Gasteiger partial charge on any atom is 0.374 e. The number of carbonyl (C=O) groups is 5. The number of rotatable bonds is 12. The summed E-state index contributed by atoms with van der Waals surface area (Å²) in [5.74, 6) is -4.32. The Morgan fingerprint density at radius 2 is 1.47 bits per heavy atom. The largest absolute Gasteiger partial charge is 0.484 e. The maximum atomic E-state index is 14.0. The Labute approximate surface area is 249 Å². The Balaban J connectivity index is 1.62. The highest BCUT2D eigenvalue weighted by Gasteiger charge is 2.41. The quantitative estimate of drug-likeness (QED) is 0.313. The molecule has 4 rings (SSSR count). The molecular weight excluding hydrogens is 550 g/mol. The van der Waals surface area contributed by atoms with Crippen LogP contribution in [0.3, 0.4) is 0 Å². The van der Waals surface area contributed by atoms with E-state index in [4.69, 9.17) is 4.74 Å². The summed E-state index contributed by atoms with van der Waals surface area (Å²) in [6.07, 6.45) is 1.50. The van der Waals surface area contributed by atoms with Crippen molar-refractivity contribution in [3.05, 3.63) is 108 Å². The van der Waals surface area contributed by atoms with Crippen molar-refractivity contribution < 1.29 is 33.8 Å². The molecule has 43 heavy (non-hydrogen) atoms. The van der Waals surface area contributed by atoms with E-state index >= 15 is 0 Å². The molecule has 1 heterocycles. The van der Waals surface area contributed by atoms with E-state index in [9.17, 15) is 29.1 Å². The zero-order valence-corrected chi connectivity index (χ0v) is 23.9. The van der Waals surface area contributed by atoms with Crippen molar-refractivity contribution in [3.63, 3.8) is 0 Å². The van der Waals surface area contributed by atoms with Crippen LogP contribution in [-0.2, 0) is 30.4 Å². The molecule has 0 aliphatic carbocycles. The fourth-order valence-electron chi connectivity index (χ4n) is 4.84. The van der Waals surface area contributed by atoms with Crippen molar-refractivity contribution in [1.82, 2.24) is 15.1 Å². The summed E-state index contributed by atoms with van der Waals surface area (Å²) in [7, 11) is 0. The third-order valence-electron chi connectivity index (χ3n) is 6.91. The number of benzene rings is 3. The number of Topliss-reactive ketones (excluding diaryl/α,β-unsaturated/α-hetero) is 1. The van der Waals surface area contributed by atoms with Gasteiger partial charge in [-0.3, -0.25) is 24.1 Å². The van der Waals surface area contributed by atoms with Crippen molar-refractivity contribution >= 4 is 35.2 Å². The van der Waals surface area contributed by atoms with Crippen LogP contribution in [0.5, 0.6) is 5.75 Å². The predicted molar refractivity (Wildman–Crippen MR) is 158 cm³/mol. The molecule has 0 bridgehead atoms. The first-order valence-electron chi connectivity index (χ1n) is 13.8. The number of carbonyl (C=O) groups excluding carboxylic acids is 4. The molecule has 1 unspecified atom stereocenters. The van der Waals surface area contributed by atoms with Gasteiger partial charge in [0.25, 0.3) is 17.6 Å². The lowest BCUT2D eigenvalue weighted by Crippen LogP contribution is -2.57. The van der Waals surface area contributed by atoms with Gasteiger partial charge in [-0.1, -0.05) is 92.7 Å². The van der Waals surface area contributed by atoms with E-state index < -0.39 is 48.1 Å². The molecule has 10 nitrogen and oxygen atoms in total. The van der Waals surface area contributed by atoms with Crippen LogP contribution >= 0.6 is 0 Å². The van der Waals surface area contributed by atoms with Gasteiger partial charge in [0.2, 0.25) is 5.91 Å². The van der Waals surface area contributed by atoms with Crippen LogP contribution < -0.4 is 10.1 Å². The fraction of sp³-hybridized carbons (Fsp3) is 0.242. The molecule has 0 aromatic heterocycles. The lowest BCUT2D eigenvalue weighted by molar-refractivity contribution is -0.150. The minimum absolute atomic E-state index is 0.0364. The number of nitrogens with zero attached hydrogens (tertiary/aromatic N) is 2. The average molecular weight is 584 g/mol. The molecule has 2 atom stereocenters. The minimum atomic E-state index is -1.67. The minimum Gasteiger partial charge on any atom is -0.484 e. The molecule has 0 saturated heterocycles. The smallest absolute Gasteiger partial charge is 0.374 e. The second-order valence-electron chi connectivity index (χ2n) is 10.4. The molecule has 222 valence electrons. The van der Waals surface area contributed by atoms with E-state index in [0.29, 0.717) is 22.6 Å². The number of hydrogen-bond donors (Lipinski definition) is 2. The van der Waals surface area contributed by atoms with Gasteiger partial charge < -0.3 is 20.1 Å². The second-order valence-corrected chi connectivity index (χ2v) is 10.4. The van der Waals surface area contributed by atoms with Gasteiger partial charge >= 0.3 is 5.97 Å². The van der Waals surface area contributed by atoms with Crippen LogP contribution in [0.25, 0.3) is 5.70 Å². The van der Waals surface area contributed by atoms with Gasteiger partial charge in [0.1, 0.15) is 24.4 Å². The molecule has 1 aliphatic rings. The first-order valence-corrected chi connectivity index (χ1v) is 13.8. The van der Waals surface area contributed by atoms with Crippen LogP contribution in [-0.4, -0.2) is 69.6 Å². The number of ether oxygens (including phenoxy) is 1. The second kappa shape index (κ2) is 14.1. The molecule has 3 aromatic carbocycles. The van der Waals surface area contributed by atoms with Gasteiger partial charge in [0, 0.05) is 12.6 Å². The van der Waals surface area contributed by atoms with Gasteiger partial charge in [-0.2, -0.15) is 0 Å². The predicted octanol–water partition coefficient (Wildman–Crippen LogP) is 3.14. The topological polar surface area (TPSA) is 133 Å². The van der Waals surface area contributed by atoms with E-state index in [1.165, 1.54) is 16.0 Å². The van der Waals surface area contributed by atoms with Crippen molar-refractivity contribution in [1.29, 1.82) is 0 Å². The highest BCUT2D eigenvalue weighted by molar-refractivity contribution is 6.35. The number of carboxylic acids is 1. The van der Waals surface area contributed by atoms with Gasteiger partial charge in [0.05, 0.1) is 5.70 Å².